The van der Waals surface area contributed by atoms with Crippen molar-refractivity contribution >= 4 is 33.3 Å². The van der Waals surface area contributed by atoms with Crippen LogP contribution in [0.1, 0.15) is 47.1 Å². The maximum atomic E-state index is 13.6. The summed E-state index contributed by atoms with van der Waals surface area (Å²) in [6.45, 7) is 4.58. The molecule has 2 fully saturated rings. The third-order valence-electron chi connectivity index (χ3n) is 6.87. The molecular formula is C25H27ClN4O4S. The number of hydrogen-bond donors (Lipinski definition) is 1. The molecule has 0 spiro atoms. The fraction of sp³-hybridized carbons (Fsp3) is 0.400. The zero-order valence-corrected chi connectivity index (χ0v) is 21.2. The number of carbonyl (C=O) groups excluding carboxylic acids is 1. The number of amides is 1. The second-order valence-electron chi connectivity index (χ2n) is 9.35. The Morgan fingerprint density at radius 1 is 1.11 bits per heavy atom. The first-order chi connectivity index (χ1) is 16.7. The first-order valence-electron chi connectivity index (χ1n) is 11.6. The van der Waals surface area contributed by atoms with Crippen molar-refractivity contribution in [2.75, 3.05) is 29.5 Å². The van der Waals surface area contributed by atoms with Crippen molar-refractivity contribution in [3.8, 4) is 0 Å². The van der Waals surface area contributed by atoms with E-state index in [1.54, 1.807) is 12.4 Å². The molecule has 0 bridgehead atoms. The first kappa shape index (κ1) is 23.8. The summed E-state index contributed by atoms with van der Waals surface area (Å²) in [7, 11) is -2.98. The van der Waals surface area contributed by atoms with Gasteiger partial charge in [0, 0.05) is 36.1 Å². The number of sulfone groups is 1. The quantitative estimate of drug-likeness (QED) is 0.536. The van der Waals surface area contributed by atoms with Gasteiger partial charge in [0.25, 0.3) is 0 Å². The van der Waals surface area contributed by atoms with Crippen molar-refractivity contribution in [3.63, 3.8) is 0 Å². The number of aromatic nitrogens is 2. The zero-order chi connectivity index (χ0) is 24.8. The van der Waals surface area contributed by atoms with Crippen LogP contribution in [0.3, 0.4) is 0 Å². The molecule has 1 N–H and O–H groups in total. The van der Waals surface area contributed by atoms with Crippen LogP contribution in [-0.2, 0) is 20.0 Å². The van der Waals surface area contributed by atoms with Gasteiger partial charge in [0.1, 0.15) is 17.6 Å². The molecule has 3 aromatic rings. The number of halogens is 1. The smallest absolute Gasteiger partial charge is 0.231 e. The Labute approximate surface area is 209 Å². The van der Waals surface area contributed by atoms with Crippen molar-refractivity contribution in [1.29, 1.82) is 0 Å². The number of carbonyl (C=O) groups is 1. The van der Waals surface area contributed by atoms with Crippen molar-refractivity contribution in [2.45, 2.75) is 38.1 Å². The number of aryl methyl sites for hydroxylation is 2. The van der Waals surface area contributed by atoms with Gasteiger partial charge in [-0.2, -0.15) is 0 Å². The topological polar surface area (TPSA) is 105 Å². The minimum atomic E-state index is -2.98. The van der Waals surface area contributed by atoms with Gasteiger partial charge < -0.3 is 14.6 Å². The average molecular weight is 515 g/mol. The van der Waals surface area contributed by atoms with E-state index in [0.29, 0.717) is 42.7 Å². The number of hydrogen-bond acceptors (Lipinski definition) is 7. The number of anilines is 1. The van der Waals surface area contributed by atoms with Gasteiger partial charge in [-0.25, -0.2) is 18.4 Å². The molecule has 1 amide bonds. The molecule has 1 aliphatic carbocycles. The molecule has 1 unspecified atom stereocenters. The normalized spacial score (nSPS) is 19.2. The SMILES string of the molecule is Cc1ccc(C(NC(=O)C2(c3cnc(N4CCS(=O)(=O)CC4)nc3)CC2)c2ccc(Cl)cc2C)o1. The highest BCUT2D eigenvalue weighted by Gasteiger charge is 2.52. The highest BCUT2D eigenvalue weighted by molar-refractivity contribution is 7.91. The van der Waals surface area contributed by atoms with E-state index in [4.69, 9.17) is 16.0 Å². The lowest BCUT2D eigenvalue weighted by Gasteiger charge is -2.27. The molecule has 1 saturated heterocycles. The van der Waals surface area contributed by atoms with Gasteiger partial charge in [-0.05, 0) is 62.1 Å². The van der Waals surface area contributed by atoms with Gasteiger partial charge in [-0.1, -0.05) is 17.7 Å². The molecule has 1 aliphatic heterocycles. The molecular weight excluding hydrogens is 488 g/mol. The second-order valence-corrected chi connectivity index (χ2v) is 12.1. The highest BCUT2D eigenvalue weighted by Crippen LogP contribution is 2.48. The second kappa shape index (κ2) is 8.95. The van der Waals surface area contributed by atoms with E-state index in [9.17, 15) is 13.2 Å². The third-order valence-corrected chi connectivity index (χ3v) is 8.71. The van der Waals surface area contributed by atoms with Crippen LogP contribution in [0.4, 0.5) is 5.95 Å². The predicted octanol–water partition coefficient (Wildman–Crippen LogP) is 3.51. The summed E-state index contributed by atoms with van der Waals surface area (Å²) in [5.74, 6) is 2.00. The minimum Gasteiger partial charge on any atom is -0.464 e. The van der Waals surface area contributed by atoms with Gasteiger partial charge in [-0.15, -0.1) is 0 Å². The summed E-state index contributed by atoms with van der Waals surface area (Å²) in [5.41, 5.74) is 1.94. The van der Waals surface area contributed by atoms with Gasteiger partial charge in [-0.3, -0.25) is 4.79 Å². The van der Waals surface area contributed by atoms with Gasteiger partial charge in [0.05, 0.1) is 16.9 Å². The van der Waals surface area contributed by atoms with Crippen LogP contribution in [-0.4, -0.2) is 48.9 Å². The lowest BCUT2D eigenvalue weighted by Crippen LogP contribution is -2.41. The van der Waals surface area contributed by atoms with Gasteiger partial charge >= 0.3 is 0 Å². The molecule has 1 aromatic carbocycles. The monoisotopic (exact) mass is 514 g/mol. The van der Waals surface area contributed by atoms with Crippen molar-refractivity contribution in [3.05, 3.63) is 76.0 Å². The Bertz CT molecular complexity index is 1350. The van der Waals surface area contributed by atoms with Crippen LogP contribution in [0.15, 0.2) is 47.1 Å². The number of rotatable bonds is 6. The maximum Gasteiger partial charge on any atom is 0.231 e. The Morgan fingerprint density at radius 2 is 1.80 bits per heavy atom. The third kappa shape index (κ3) is 4.79. The number of nitrogens with zero attached hydrogens (tertiary/aromatic N) is 3. The van der Waals surface area contributed by atoms with Crippen molar-refractivity contribution in [2.24, 2.45) is 0 Å². The molecule has 10 heteroatoms. The van der Waals surface area contributed by atoms with E-state index in [0.717, 1.165) is 22.5 Å². The molecule has 1 atom stereocenters. The minimum absolute atomic E-state index is 0.0994. The van der Waals surface area contributed by atoms with Gasteiger partial charge in [0.15, 0.2) is 9.84 Å². The van der Waals surface area contributed by atoms with E-state index in [1.807, 2.05) is 49.1 Å². The van der Waals surface area contributed by atoms with Crippen LogP contribution in [0, 0.1) is 13.8 Å². The molecule has 1 saturated carbocycles. The fourth-order valence-corrected chi connectivity index (χ4v) is 5.99. The lowest BCUT2D eigenvalue weighted by molar-refractivity contribution is -0.124. The molecule has 2 aromatic heterocycles. The largest absolute Gasteiger partial charge is 0.464 e. The van der Waals surface area contributed by atoms with Crippen molar-refractivity contribution in [1.82, 2.24) is 15.3 Å². The molecule has 8 nitrogen and oxygen atoms in total. The molecule has 5 rings (SSSR count). The zero-order valence-electron chi connectivity index (χ0n) is 19.6. The molecule has 3 heterocycles. The van der Waals surface area contributed by atoms with E-state index >= 15 is 0 Å². The molecule has 184 valence electrons. The Morgan fingerprint density at radius 3 is 2.37 bits per heavy atom. The summed E-state index contributed by atoms with van der Waals surface area (Å²) < 4.78 is 29.3. The van der Waals surface area contributed by atoms with E-state index < -0.39 is 21.3 Å². The summed E-state index contributed by atoms with van der Waals surface area (Å²) in [5, 5.41) is 3.84. The Balaban J connectivity index is 1.37. The summed E-state index contributed by atoms with van der Waals surface area (Å²) in [6.07, 6.45) is 4.79. The predicted molar refractivity (Wildman–Crippen MR) is 133 cm³/mol. The van der Waals surface area contributed by atoms with Crippen LogP contribution in [0.25, 0.3) is 0 Å². The maximum absolute atomic E-state index is 13.6. The standard InChI is InChI=1S/C25H27ClN4O4S/c1-16-13-19(26)4-5-20(16)22(21-6-3-17(2)34-21)29-23(31)25(7-8-25)18-14-27-24(28-15-18)30-9-11-35(32,33)12-10-30/h3-6,13-15,22H,7-12H2,1-2H3,(H,29,31). The van der Waals surface area contributed by atoms with Gasteiger partial charge in [0.2, 0.25) is 11.9 Å². The summed E-state index contributed by atoms with van der Waals surface area (Å²) >= 11 is 6.17. The number of benzene rings is 1. The van der Waals surface area contributed by atoms with E-state index in [-0.39, 0.29) is 17.4 Å². The summed E-state index contributed by atoms with van der Waals surface area (Å²) in [4.78, 5) is 24.4. The molecule has 2 aliphatic rings. The van der Waals surface area contributed by atoms with Crippen LogP contribution < -0.4 is 10.2 Å². The van der Waals surface area contributed by atoms with Crippen LogP contribution in [0.2, 0.25) is 5.02 Å². The Hall–Kier alpha value is -2.91. The number of nitrogens with one attached hydrogen (secondary N) is 1. The van der Waals surface area contributed by atoms with Crippen molar-refractivity contribution < 1.29 is 17.6 Å². The Kier molecular flexibility index (Phi) is 6.09. The van der Waals surface area contributed by atoms with Crippen LogP contribution in [0.5, 0.6) is 0 Å². The highest BCUT2D eigenvalue weighted by atomic mass is 35.5. The lowest BCUT2D eigenvalue weighted by atomic mass is 9.95. The average Bonchev–Trinajstić information content (AvgIpc) is 3.53. The fourth-order valence-electron chi connectivity index (χ4n) is 4.56. The van der Waals surface area contributed by atoms with E-state index in [1.165, 1.54) is 0 Å². The summed E-state index contributed by atoms with van der Waals surface area (Å²) in [6, 6.07) is 8.90. The molecule has 35 heavy (non-hydrogen) atoms. The molecule has 0 radical (unpaired) electrons. The number of furan rings is 1. The van der Waals surface area contributed by atoms with Crippen LogP contribution >= 0.6 is 11.6 Å². The first-order valence-corrected chi connectivity index (χ1v) is 13.8. The van der Waals surface area contributed by atoms with E-state index in [2.05, 4.69) is 15.3 Å².